The Hall–Kier alpha value is -1.68. The Labute approximate surface area is 150 Å². The van der Waals surface area contributed by atoms with Crippen molar-refractivity contribution in [3.63, 3.8) is 0 Å². The lowest BCUT2D eigenvalue weighted by Crippen LogP contribution is -2.38. The first-order valence-corrected chi connectivity index (χ1v) is 9.46. The quantitative estimate of drug-likeness (QED) is 0.906. The van der Waals surface area contributed by atoms with Crippen LogP contribution in [0.15, 0.2) is 48.5 Å². The van der Waals surface area contributed by atoms with Gasteiger partial charge in [0, 0.05) is 19.6 Å². The van der Waals surface area contributed by atoms with E-state index in [0.717, 1.165) is 32.4 Å². The number of aryl methyl sites for hydroxylation is 1. The molecule has 0 bridgehead atoms. The van der Waals surface area contributed by atoms with Gasteiger partial charge in [-0.15, -0.1) is 0 Å². The van der Waals surface area contributed by atoms with Gasteiger partial charge in [-0.2, -0.15) is 0 Å². The fraction of sp³-hybridized carbons (Fsp3) is 0.455. The molecule has 4 rings (SSSR count). The topological polar surface area (TPSA) is 32.7 Å². The van der Waals surface area contributed by atoms with E-state index in [1.165, 1.54) is 28.7 Å². The van der Waals surface area contributed by atoms with Gasteiger partial charge in [0.1, 0.15) is 0 Å². The summed E-state index contributed by atoms with van der Waals surface area (Å²) in [6, 6.07) is 17.2. The first kappa shape index (κ1) is 16.8. The van der Waals surface area contributed by atoms with Gasteiger partial charge in [0.2, 0.25) is 0 Å². The maximum atomic E-state index is 10.5. The van der Waals surface area contributed by atoms with E-state index in [-0.39, 0.29) is 6.10 Å². The zero-order valence-corrected chi connectivity index (χ0v) is 14.7. The molecule has 25 heavy (non-hydrogen) atoms. The highest BCUT2D eigenvalue weighted by Crippen LogP contribution is 2.32. The van der Waals surface area contributed by atoms with Crippen molar-refractivity contribution in [2.24, 2.45) is 0 Å². The van der Waals surface area contributed by atoms with Crippen LogP contribution in [-0.4, -0.2) is 35.8 Å². The minimum Gasteiger partial charge on any atom is -0.389 e. The molecule has 0 amide bonds. The van der Waals surface area contributed by atoms with Crippen molar-refractivity contribution in [3.8, 4) is 0 Å². The molecule has 3 heteroatoms. The van der Waals surface area contributed by atoms with Crippen molar-refractivity contribution in [1.82, 2.24) is 4.90 Å². The molecular weight excluding hydrogens is 310 g/mol. The zero-order valence-electron chi connectivity index (χ0n) is 14.7. The van der Waals surface area contributed by atoms with Crippen molar-refractivity contribution in [3.05, 3.63) is 70.8 Å². The maximum absolute atomic E-state index is 10.5. The van der Waals surface area contributed by atoms with Crippen molar-refractivity contribution >= 4 is 0 Å². The van der Waals surface area contributed by atoms with E-state index in [1.807, 2.05) is 0 Å². The predicted molar refractivity (Wildman–Crippen MR) is 99.5 cm³/mol. The van der Waals surface area contributed by atoms with Crippen LogP contribution in [0.25, 0.3) is 0 Å². The van der Waals surface area contributed by atoms with E-state index in [9.17, 15) is 5.11 Å². The molecule has 0 radical (unpaired) electrons. The molecular formula is C22H27NO2. The highest BCUT2D eigenvalue weighted by molar-refractivity contribution is 5.31. The Kier molecular flexibility index (Phi) is 5.16. The van der Waals surface area contributed by atoms with Crippen molar-refractivity contribution < 1.29 is 9.84 Å². The highest BCUT2D eigenvalue weighted by atomic mass is 16.5. The molecule has 0 saturated carbocycles. The van der Waals surface area contributed by atoms with Crippen LogP contribution in [0.3, 0.4) is 0 Å². The van der Waals surface area contributed by atoms with E-state index in [4.69, 9.17) is 4.74 Å². The lowest BCUT2D eigenvalue weighted by atomic mass is 9.89. The second-order valence-corrected chi connectivity index (χ2v) is 7.32. The molecule has 1 N–H and O–H groups in total. The number of hydrogen-bond donors (Lipinski definition) is 1. The smallest absolute Gasteiger partial charge is 0.0900 e. The number of aliphatic hydroxyl groups is 1. The molecule has 3 nitrogen and oxygen atoms in total. The molecule has 1 heterocycles. The lowest BCUT2D eigenvalue weighted by molar-refractivity contribution is -0.0293. The summed E-state index contributed by atoms with van der Waals surface area (Å²) < 4.78 is 6.11. The maximum Gasteiger partial charge on any atom is 0.0900 e. The summed E-state index contributed by atoms with van der Waals surface area (Å²) >= 11 is 0. The van der Waals surface area contributed by atoms with Crippen molar-refractivity contribution in [1.29, 1.82) is 0 Å². The van der Waals surface area contributed by atoms with Gasteiger partial charge in [-0.3, -0.25) is 4.90 Å². The molecule has 2 aliphatic rings. The van der Waals surface area contributed by atoms with Gasteiger partial charge in [0.15, 0.2) is 0 Å². The van der Waals surface area contributed by atoms with Gasteiger partial charge in [-0.05, 0) is 47.9 Å². The van der Waals surface area contributed by atoms with Gasteiger partial charge in [-0.25, -0.2) is 0 Å². The standard InChI is InChI=1S/C22H27NO2/c24-20(15-23-13-12-17-6-1-2-8-19(17)14-23)16-25-22-11-5-9-18-7-3-4-10-21(18)22/h1-4,6-8,10,20,22,24H,5,9,11-16H2/t20-,22+/m1/s1. The van der Waals surface area contributed by atoms with E-state index in [0.29, 0.717) is 13.2 Å². The van der Waals surface area contributed by atoms with Gasteiger partial charge in [0.05, 0.1) is 18.8 Å². The number of aliphatic hydroxyl groups excluding tert-OH is 1. The molecule has 132 valence electrons. The molecule has 2 atom stereocenters. The van der Waals surface area contributed by atoms with Crippen LogP contribution in [0.5, 0.6) is 0 Å². The minimum absolute atomic E-state index is 0.140. The summed E-state index contributed by atoms with van der Waals surface area (Å²) in [5.41, 5.74) is 5.56. The highest BCUT2D eigenvalue weighted by Gasteiger charge is 2.23. The Morgan fingerprint density at radius 3 is 2.64 bits per heavy atom. The number of benzene rings is 2. The van der Waals surface area contributed by atoms with Crippen LogP contribution in [-0.2, 0) is 24.1 Å². The summed E-state index contributed by atoms with van der Waals surface area (Å²) in [6.07, 6.45) is 4.15. The lowest BCUT2D eigenvalue weighted by Gasteiger charge is -2.31. The number of fused-ring (bicyclic) bond motifs is 2. The van der Waals surface area contributed by atoms with Crippen LogP contribution in [0.4, 0.5) is 0 Å². The fourth-order valence-electron chi connectivity index (χ4n) is 4.17. The average Bonchev–Trinajstić information content (AvgIpc) is 2.66. The summed E-state index contributed by atoms with van der Waals surface area (Å²) in [5.74, 6) is 0. The Balaban J connectivity index is 1.30. The molecule has 2 aromatic rings. The van der Waals surface area contributed by atoms with E-state index < -0.39 is 6.10 Å². The van der Waals surface area contributed by atoms with Gasteiger partial charge < -0.3 is 9.84 Å². The van der Waals surface area contributed by atoms with Gasteiger partial charge in [-0.1, -0.05) is 48.5 Å². The first-order chi connectivity index (χ1) is 12.3. The normalized spacial score (nSPS) is 21.4. The Bertz CT molecular complexity index is 715. The monoisotopic (exact) mass is 337 g/mol. The van der Waals surface area contributed by atoms with Crippen LogP contribution >= 0.6 is 0 Å². The van der Waals surface area contributed by atoms with Crippen LogP contribution in [0.1, 0.15) is 41.2 Å². The molecule has 0 spiro atoms. The number of ether oxygens (including phenoxy) is 1. The fourth-order valence-corrected chi connectivity index (χ4v) is 4.17. The van der Waals surface area contributed by atoms with Crippen molar-refractivity contribution in [2.75, 3.05) is 19.7 Å². The molecule has 2 aromatic carbocycles. The second-order valence-electron chi connectivity index (χ2n) is 7.32. The minimum atomic E-state index is -0.431. The molecule has 1 aliphatic heterocycles. The number of nitrogens with zero attached hydrogens (tertiary/aromatic N) is 1. The van der Waals surface area contributed by atoms with Crippen molar-refractivity contribution in [2.45, 2.75) is 44.4 Å². The number of rotatable bonds is 5. The van der Waals surface area contributed by atoms with E-state index in [1.54, 1.807) is 0 Å². The summed E-state index contributed by atoms with van der Waals surface area (Å²) in [4.78, 5) is 2.34. The third-order valence-electron chi connectivity index (χ3n) is 5.48. The third-order valence-corrected chi connectivity index (χ3v) is 5.48. The summed E-state index contributed by atoms with van der Waals surface area (Å²) in [5, 5.41) is 10.5. The summed E-state index contributed by atoms with van der Waals surface area (Å²) in [6.45, 7) is 3.04. The van der Waals surface area contributed by atoms with Gasteiger partial charge in [0.25, 0.3) is 0 Å². The Morgan fingerprint density at radius 2 is 1.76 bits per heavy atom. The van der Waals surface area contributed by atoms with E-state index >= 15 is 0 Å². The zero-order chi connectivity index (χ0) is 17.1. The molecule has 0 unspecified atom stereocenters. The largest absolute Gasteiger partial charge is 0.389 e. The third kappa shape index (κ3) is 3.95. The molecule has 0 aromatic heterocycles. The Morgan fingerprint density at radius 1 is 1.00 bits per heavy atom. The van der Waals surface area contributed by atoms with Crippen LogP contribution in [0, 0.1) is 0 Å². The van der Waals surface area contributed by atoms with Crippen LogP contribution in [0.2, 0.25) is 0 Å². The van der Waals surface area contributed by atoms with Gasteiger partial charge >= 0.3 is 0 Å². The predicted octanol–water partition coefficient (Wildman–Crippen LogP) is 3.50. The van der Waals surface area contributed by atoms with Crippen LogP contribution < -0.4 is 0 Å². The average molecular weight is 337 g/mol. The molecule has 1 aliphatic carbocycles. The molecule has 0 fully saturated rings. The summed E-state index contributed by atoms with van der Waals surface area (Å²) in [7, 11) is 0. The number of β-amino-alcohol motifs (C(OH)–C–C–N with tert-alkyl or cyclic N) is 1. The SMILES string of the molecule is O[C@@H](CO[C@H]1CCCc2ccccc21)CN1CCc2ccccc2C1. The van der Waals surface area contributed by atoms with E-state index in [2.05, 4.69) is 53.4 Å². The molecule has 0 saturated heterocycles. The number of hydrogen-bond acceptors (Lipinski definition) is 3. The second kappa shape index (κ2) is 7.69. The first-order valence-electron chi connectivity index (χ1n) is 9.46.